The van der Waals surface area contributed by atoms with Crippen LogP contribution in [0.3, 0.4) is 0 Å². The summed E-state index contributed by atoms with van der Waals surface area (Å²) in [4.78, 5) is 6.90. The lowest BCUT2D eigenvalue weighted by Crippen LogP contribution is -2.07. The molecule has 0 aliphatic heterocycles. The van der Waals surface area contributed by atoms with Gasteiger partial charge in [0.15, 0.2) is 17.3 Å². The van der Waals surface area contributed by atoms with Crippen molar-refractivity contribution in [1.29, 1.82) is 0 Å². The number of hydrogen-bond donors (Lipinski definition) is 1. The van der Waals surface area contributed by atoms with Crippen molar-refractivity contribution in [2.75, 3.05) is 33.2 Å². The van der Waals surface area contributed by atoms with Crippen LogP contribution in [-0.4, -0.2) is 38.4 Å². The van der Waals surface area contributed by atoms with Crippen LogP contribution < -0.4 is 14.4 Å². The highest BCUT2D eigenvalue weighted by Gasteiger charge is 2.20. The Bertz CT molecular complexity index is 1190. The van der Waals surface area contributed by atoms with Crippen molar-refractivity contribution in [2.45, 2.75) is 12.8 Å². The fourth-order valence-corrected chi connectivity index (χ4v) is 3.71. The van der Waals surface area contributed by atoms with Crippen LogP contribution in [0, 0.1) is 0 Å². The van der Waals surface area contributed by atoms with Crippen LogP contribution in [-0.2, 0) is 12.8 Å². The van der Waals surface area contributed by atoms with Gasteiger partial charge in [0.25, 0.3) is 0 Å². The first-order chi connectivity index (χ1) is 16.0. The Morgan fingerprint density at radius 2 is 1.48 bits per heavy atom. The third-order valence-corrected chi connectivity index (χ3v) is 5.56. The van der Waals surface area contributed by atoms with Crippen molar-refractivity contribution in [2.24, 2.45) is 0 Å². The monoisotopic (exact) mass is 444 g/mol. The van der Waals surface area contributed by atoms with Gasteiger partial charge in [-0.1, -0.05) is 30.3 Å². The fourth-order valence-electron chi connectivity index (χ4n) is 3.71. The van der Waals surface area contributed by atoms with Crippen molar-refractivity contribution in [1.82, 2.24) is 4.98 Å². The van der Waals surface area contributed by atoms with Crippen LogP contribution in [0.5, 0.6) is 17.2 Å². The molecule has 0 amide bonds. The van der Waals surface area contributed by atoms with Crippen LogP contribution in [0.15, 0.2) is 71.1 Å². The minimum atomic E-state index is -0.0564. The number of aromatic hydroxyl groups is 1. The summed E-state index contributed by atoms with van der Waals surface area (Å²) in [6, 6.07) is 21.9. The molecule has 0 bridgehead atoms. The largest absolute Gasteiger partial charge is 0.502 e. The van der Waals surface area contributed by atoms with Crippen molar-refractivity contribution >= 4 is 5.69 Å². The third-order valence-electron chi connectivity index (χ3n) is 5.56. The standard InChI is InChI=1S/C27H28N2O4/c1-29(2)21-13-11-19(12-14-21)26-22(15-10-18-8-6-5-7-9-18)28-27(33-26)20-16-23(31-3)25(30)24(17-20)32-4/h5-9,11-14,16-17,30H,10,15H2,1-4H3. The molecule has 0 saturated carbocycles. The van der Waals surface area contributed by atoms with Crippen molar-refractivity contribution in [3.63, 3.8) is 0 Å². The summed E-state index contributed by atoms with van der Waals surface area (Å²) < 4.78 is 16.9. The molecule has 0 unspecified atom stereocenters. The van der Waals surface area contributed by atoms with E-state index in [0.29, 0.717) is 23.0 Å². The van der Waals surface area contributed by atoms with E-state index < -0.39 is 0 Å². The number of methoxy groups -OCH3 is 2. The van der Waals surface area contributed by atoms with Crippen LogP contribution in [0.2, 0.25) is 0 Å². The van der Waals surface area contributed by atoms with E-state index in [1.54, 1.807) is 12.1 Å². The van der Waals surface area contributed by atoms with Gasteiger partial charge in [0, 0.05) is 30.9 Å². The molecule has 1 heterocycles. The molecule has 4 aromatic rings. The molecule has 0 aliphatic rings. The predicted molar refractivity (Wildman–Crippen MR) is 130 cm³/mol. The van der Waals surface area contributed by atoms with E-state index in [1.807, 2.05) is 44.4 Å². The van der Waals surface area contributed by atoms with Crippen LogP contribution in [0.1, 0.15) is 11.3 Å². The summed E-state index contributed by atoms with van der Waals surface area (Å²) >= 11 is 0. The quantitative estimate of drug-likeness (QED) is 0.383. The Kier molecular flexibility index (Phi) is 6.54. The lowest BCUT2D eigenvalue weighted by atomic mass is 10.0. The normalized spacial score (nSPS) is 10.8. The number of phenols is 1. The number of rotatable bonds is 8. The van der Waals surface area contributed by atoms with Gasteiger partial charge in [0.1, 0.15) is 0 Å². The summed E-state index contributed by atoms with van der Waals surface area (Å²) in [5.41, 5.74) is 4.84. The Morgan fingerprint density at radius 3 is 2.06 bits per heavy atom. The maximum absolute atomic E-state index is 10.3. The number of phenolic OH excluding ortho intramolecular Hbond substituents is 1. The van der Waals surface area contributed by atoms with E-state index >= 15 is 0 Å². The number of oxazole rings is 1. The summed E-state index contributed by atoms with van der Waals surface area (Å²) in [5.74, 6) is 1.72. The average Bonchev–Trinajstić information content (AvgIpc) is 3.28. The zero-order valence-corrected chi connectivity index (χ0v) is 19.3. The summed E-state index contributed by atoms with van der Waals surface area (Å²) in [7, 11) is 7.02. The third kappa shape index (κ3) is 4.80. The zero-order chi connectivity index (χ0) is 23.4. The molecule has 0 spiro atoms. The van der Waals surface area contributed by atoms with Crippen molar-refractivity contribution < 1.29 is 19.0 Å². The van der Waals surface area contributed by atoms with Gasteiger partial charge in [-0.25, -0.2) is 4.98 Å². The first-order valence-corrected chi connectivity index (χ1v) is 10.8. The van der Waals surface area contributed by atoms with Crippen LogP contribution >= 0.6 is 0 Å². The first-order valence-electron chi connectivity index (χ1n) is 10.8. The number of benzene rings is 3. The Hall–Kier alpha value is -3.93. The Labute approximate surface area is 194 Å². The highest BCUT2D eigenvalue weighted by atomic mass is 16.5. The highest BCUT2D eigenvalue weighted by molar-refractivity contribution is 5.69. The molecule has 3 aromatic carbocycles. The molecule has 6 nitrogen and oxygen atoms in total. The SMILES string of the molecule is COc1cc(-c2nc(CCc3ccccc3)c(-c3ccc(N(C)C)cc3)o2)cc(OC)c1O. The number of aromatic nitrogens is 1. The average molecular weight is 445 g/mol. The molecule has 1 N–H and O–H groups in total. The molecule has 1 aromatic heterocycles. The Balaban J connectivity index is 1.76. The number of anilines is 1. The van der Waals surface area contributed by atoms with Gasteiger partial charge < -0.3 is 23.9 Å². The molecule has 170 valence electrons. The van der Waals surface area contributed by atoms with E-state index in [9.17, 15) is 5.11 Å². The number of ether oxygens (including phenoxy) is 2. The molecule has 6 heteroatoms. The number of hydrogen-bond acceptors (Lipinski definition) is 6. The maximum atomic E-state index is 10.3. The van der Waals surface area contributed by atoms with Gasteiger partial charge >= 0.3 is 0 Å². The van der Waals surface area contributed by atoms with Gasteiger partial charge in [-0.2, -0.15) is 0 Å². The van der Waals surface area contributed by atoms with E-state index in [-0.39, 0.29) is 5.75 Å². The summed E-state index contributed by atoms with van der Waals surface area (Å²) in [5, 5.41) is 10.3. The van der Waals surface area contributed by atoms with Gasteiger partial charge in [0.2, 0.25) is 11.6 Å². The number of nitrogens with zero attached hydrogens (tertiary/aromatic N) is 2. The maximum Gasteiger partial charge on any atom is 0.227 e. The lowest BCUT2D eigenvalue weighted by Gasteiger charge is -2.12. The smallest absolute Gasteiger partial charge is 0.227 e. The molecule has 0 saturated heterocycles. The van der Waals surface area contributed by atoms with Crippen LogP contribution in [0.25, 0.3) is 22.8 Å². The molecule has 4 rings (SSSR count). The minimum Gasteiger partial charge on any atom is -0.502 e. The second-order valence-corrected chi connectivity index (χ2v) is 7.95. The highest BCUT2D eigenvalue weighted by Crippen LogP contribution is 2.41. The van der Waals surface area contributed by atoms with E-state index in [2.05, 4.69) is 29.2 Å². The molecular weight excluding hydrogens is 416 g/mol. The molecule has 33 heavy (non-hydrogen) atoms. The first kappa shape index (κ1) is 22.3. The molecule has 0 atom stereocenters. The topological polar surface area (TPSA) is 68.0 Å². The van der Waals surface area contributed by atoms with Crippen molar-refractivity contribution in [3.8, 4) is 40.0 Å². The summed E-state index contributed by atoms with van der Waals surface area (Å²) in [6.45, 7) is 0. The van der Waals surface area contributed by atoms with Gasteiger partial charge in [-0.15, -0.1) is 0 Å². The second-order valence-electron chi connectivity index (χ2n) is 7.95. The van der Waals surface area contributed by atoms with Gasteiger partial charge in [-0.05, 0) is 54.8 Å². The van der Waals surface area contributed by atoms with Gasteiger partial charge in [0.05, 0.1) is 19.9 Å². The molecular formula is C27H28N2O4. The zero-order valence-electron chi connectivity index (χ0n) is 19.3. The predicted octanol–water partition coefficient (Wildman–Crippen LogP) is 5.58. The van der Waals surface area contributed by atoms with Crippen molar-refractivity contribution in [3.05, 3.63) is 78.0 Å². The van der Waals surface area contributed by atoms with Crippen LogP contribution in [0.4, 0.5) is 5.69 Å². The lowest BCUT2D eigenvalue weighted by molar-refractivity contribution is 0.340. The summed E-state index contributed by atoms with van der Waals surface area (Å²) in [6.07, 6.45) is 1.57. The fraction of sp³-hybridized carbons (Fsp3) is 0.222. The molecule has 0 aliphatic carbocycles. The molecule has 0 radical (unpaired) electrons. The van der Waals surface area contributed by atoms with E-state index in [1.165, 1.54) is 19.8 Å². The van der Waals surface area contributed by atoms with Gasteiger partial charge in [-0.3, -0.25) is 0 Å². The number of aryl methyl sites for hydroxylation is 2. The minimum absolute atomic E-state index is 0.0564. The van der Waals surface area contributed by atoms with E-state index in [0.717, 1.165) is 35.5 Å². The second kappa shape index (κ2) is 9.69. The molecule has 0 fully saturated rings. The van der Waals surface area contributed by atoms with E-state index in [4.69, 9.17) is 18.9 Å². The Morgan fingerprint density at radius 1 is 0.848 bits per heavy atom.